The second-order valence-electron chi connectivity index (χ2n) is 3.84. The number of nitrogens with zero attached hydrogens (tertiary/aromatic N) is 1. The number of hydrogen-bond acceptors (Lipinski definition) is 5. The molecule has 0 fully saturated rings. The van der Waals surface area contributed by atoms with Gasteiger partial charge in [0.25, 0.3) is 0 Å². The Hall–Kier alpha value is -2.34. The molecule has 2 aromatic rings. The van der Waals surface area contributed by atoms with Crippen molar-refractivity contribution in [1.29, 1.82) is 0 Å². The van der Waals surface area contributed by atoms with Crippen molar-refractivity contribution in [2.75, 3.05) is 7.11 Å². The number of carboxylic acid groups (broad SMARTS) is 1. The molecule has 1 N–H and O–H groups in total. The number of methoxy groups -OCH3 is 1. The van der Waals surface area contributed by atoms with Crippen molar-refractivity contribution < 1.29 is 19.4 Å². The van der Waals surface area contributed by atoms with E-state index in [0.717, 1.165) is 16.5 Å². The summed E-state index contributed by atoms with van der Waals surface area (Å²) in [5.74, 6) is 0.170. The lowest BCUT2D eigenvalue weighted by Crippen LogP contribution is -1.96. The van der Waals surface area contributed by atoms with Gasteiger partial charge >= 0.3 is 5.97 Å². The molecule has 0 atom stereocenters. The van der Waals surface area contributed by atoms with E-state index in [-0.39, 0.29) is 0 Å². The molecule has 0 amide bonds. The first-order valence-corrected chi connectivity index (χ1v) is 6.66. The molecule has 0 spiro atoms. The minimum absolute atomic E-state index is 0.396. The molecule has 5 nitrogen and oxygen atoms in total. The first kappa shape index (κ1) is 14.1. The monoisotopic (exact) mass is 291 g/mol. The summed E-state index contributed by atoms with van der Waals surface area (Å²) in [7, 11) is 1.56. The molecule has 1 aromatic carbocycles. The van der Waals surface area contributed by atoms with Gasteiger partial charge in [-0.05, 0) is 23.8 Å². The molecule has 6 heteroatoms. The third-order valence-electron chi connectivity index (χ3n) is 2.46. The van der Waals surface area contributed by atoms with E-state index in [9.17, 15) is 4.79 Å². The van der Waals surface area contributed by atoms with Crippen molar-refractivity contribution in [2.45, 2.75) is 6.61 Å². The summed E-state index contributed by atoms with van der Waals surface area (Å²) in [6.45, 7) is 0.396. The maximum absolute atomic E-state index is 10.5. The number of carbonyl (C=O) groups is 1. The minimum atomic E-state index is -0.993. The van der Waals surface area contributed by atoms with Gasteiger partial charge in [-0.2, -0.15) is 0 Å². The van der Waals surface area contributed by atoms with Gasteiger partial charge in [-0.15, -0.1) is 11.3 Å². The van der Waals surface area contributed by atoms with Gasteiger partial charge in [0.05, 0.1) is 17.5 Å². The summed E-state index contributed by atoms with van der Waals surface area (Å²) in [5, 5.41) is 8.62. The summed E-state index contributed by atoms with van der Waals surface area (Å²) in [4.78, 5) is 15.5. The van der Waals surface area contributed by atoms with Gasteiger partial charge in [-0.25, -0.2) is 4.79 Å². The molecule has 0 aliphatic rings. The third kappa shape index (κ3) is 3.83. The van der Waals surface area contributed by atoms with Crippen LogP contribution in [0.1, 0.15) is 10.4 Å². The van der Waals surface area contributed by atoms with E-state index in [2.05, 4.69) is 4.98 Å². The Bertz CT molecular complexity index is 608. The van der Waals surface area contributed by atoms with Crippen molar-refractivity contribution in [3.63, 3.8) is 0 Å². The number of aromatic nitrogens is 1. The smallest absolute Gasteiger partial charge is 0.328 e. The van der Waals surface area contributed by atoms with E-state index in [4.69, 9.17) is 14.6 Å². The molecule has 2 rings (SSSR count). The first-order chi connectivity index (χ1) is 9.69. The maximum atomic E-state index is 10.5. The van der Waals surface area contributed by atoms with Crippen molar-refractivity contribution in [1.82, 2.24) is 4.98 Å². The van der Waals surface area contributed by atoms with E-state index in [1.54, 1.807) is 37.0 Å². The largest absolute Gasteiger partial charge is 0.493 e. The number of rotatable bonds is 6. The average molecular weight is 291 g/mol. The number of hydrogen-bond donors (Lipinski definition) is 1. The predicted octanol–water partition coefficient (Wildman–Crippen LogP) is 2.83. The molecule has 1 aromatic heterocycles. The van der Waals surface area contributed by atoms with Gasteiger partial charge in [0.1, 0.15) is 6.61 Å². The fraction of sp³-hybridized carbons (Fsp3) is 0.143. The van der Waals surface area contributed by atoms with Crippen molar-refractivity contribution >= 4 is 23.4 Å². The predicted molar refractivity (Wildman–Crippen MR) is 76.1 cm³/mol. The van der Waals surface area contributed by atoms with Gasteiger partial charge in [0.15, 0.2) is 11.5 Å². The van der Waals surface area contributed by atoms with Crippen LogP contribution in [0.3, 0.4) is 0 Å². The first-order valence-electron chi connectivity index (χ1n) is 5.78. The lowest BCUT2D eigenvalue weighted by Gasteiger charge is -2.10. The number of aliphatic carboxylic acids is 1. The Labute approximate surface area is 120 Å². The highest BCUT2D eigenvalue weighted by Gasteiger charge is 2.06. The van der Waals surface area contributed by atoms with Gasteiger partial charge in [-0.1, -0.05) is 6.07 Å². The average Bonchev–Trinajstić information content (AvgIpc) is 2.96. The van der Waals surface area contributed by atoms with Gasteiger partial charge in [0.2, 0.25) is 0 Å². The molecule has 1 heterocycles. The summed E-state index contributed by atoms with van der Waals surface area (Å²) in [6.07, 6.45) is 4.32. The van der Waals surface area contributed by atoms with Crippen LogP contribution in [0.4, 0.5) is 0 Å². The van der Waals surface area contributed by atoms with E-state index >= 15 is 0 Å². The number of thiazole rings is 1. The molecule has 0 radical (unpaired) electrons. The quantitative estimate of drug-likeness (QED) is 0.829. The zero-order valence-corrected chi connectivity index (χ0v) is 11.6. The SMILES string of the molecule is COc1ccc(/C=C/C(=O)O)cc1OCc1cncs1. The molecule has 0 saturated carbocycles. The van der Waals surface area contributed by atoms with E-state index in [0.29, 0.717) is 18.1 Å². The zero-order valence-electron chi connectivity index (χ0n) is 10.8. The highest BCUT2D eigenvalue weighted by molar-refractivity contribution is 7.09. The fourth-order valence-corrected chi connectivity index (χ4v) is 2.05. The van der Waals surface area contributed by atoms with Crippen LogP contribution in [0.15, 0.2) is 36.0 Å². The summed E-state index contributed by atoms with van der Waals surface area (Å²) in [6, 6.07) is 5.24. The molecule has 20 heavy (non-hydrogen) atoms. The molecule has 0 saturated heterocycles. The maximum Gasteiger partial charge on any atom is 0.328 e. The fourth-order valence-electron chi connectivity index (χ4n) is 1.54. The highest BCUT2D eigenvalue weighted by Crippen LogP contribution is 2.29. The number of carboxylic acids is 1. The van der Waals surface area contributed by atoms with Crippen LogP contribution in [0, 0.1) is 0 Å². The topological polar surface area (TPSA) is 68.7 Å². The van der Waals surface area contributed by atoms with Crippen molar-refractivity contribution in [3.05, 3.63) is 46.4 Å². The van der Waals surface area contributed by atoms with Crippen LogP contribution < -0.4 is 9.47 Å². The molecule has 0 aliphatic heterocycles. The van der Waals surface area contributed by atoms with Crippen molar-refractivity contribution in [3.8, 4) is 11.5 Å². The van der Waals surface area contributed by atoms with Crippen LogP contribution in [-0.2, 0) is 11.4 Å². The Morgan fingerprint density at radius 2 is 2.30 bits per heavy atom. The molecular formula is C14H13NO4S. The van der Waals surface area contributed by atoms with Crippen molar-refractivity contribution in [2.24, 2.45) is 0 Å². The molecule has 0 aliphatic carbocycles. The Morgan fingerprint density at radius 3 is 2.95 bits per heavy atom. The van der Waals surface area contributed by atoms with Crippen LogP contribution in [0.2, 0.25) is 0 Å². The van der Waals surface area contributed by atoms with Gasteiger partial charge in [0, 0.05) is 12.3 Å². The Balaban J connectivity index is 2.15. The molecule has 0 unspecified atom stereocenters. The Kier molecular flexibility index (Phi) is 4.73. The highest BCUT2D eigenvalue weighted by atomic mass is 32.1. The van der Waals surface area contributed by atoms with Crippen LogP contribution in [0.25, 0.3) is 6.08 Å². The van der Waals surface area contributed by atoms with Crippen LogP contribution in [0.5, 0.6) is 11.5 Å². The van der Waals surface area contributed by atoms with Gasteiger partial charge in [-0.3, -0.25) is 4.98 Å². The lowest BCUT2D eigenvalue weighted by atomic mass is 10.2. The minimum Gasteiger partial charge on any atom is -0.493 e. The summed E-state index contributed by atoms with van der Waals surface area (Å²) in [5.41, 5.74) is 2.47. The Morgan fingerprint density at radius 1 is 1.45 bits per heavy atom. The van der Waals surface area contributed by atoms with E-state index in [1.165, 1.54) is 17.4 Å². The normalized spacial score (nSPS) is 10.7. The second-order valence-corrected chi connectivity index (χ2v) is 4.81. The lowest BCUT2D eigenvalue weighted by molar-refractivity contribution is -0.131. The number of ether oxygens (including phenoxy) is 2. The molecular weight excluding hydrogens is 278 g/mol. The third-order valence-corrected chi connectivity index (χ3v) is 3.21. The standard InChI is InChI=1S/C14H13NO4S/c1-18-12-4-2-10(3-5-14(16)17)6-13(12)19-8-11-7-15-9-20-11/h2-7,9H,8H2,1H3,(H,16,17)/b5-3+. The van der Waals surface area contributed by atoms with Crippen LogP contribution >= 0.6 is 11.3 Å². The van der Waals surface area contributed by atoms with E-state index in [1.807, 2.05) is 0 Å². The number of benzene rings is 1. The summed E-state index contributed by atoms with van der Waals surface area (Å²) < 4.78 is 10.9. The molecule has 104 valence electrons. The molecule has 0 bridgehead atoms. The zero-order chi connectivity index (χ0) is 14.4. The van der Waals surface area contributed by atoms with Crippen LogP contribution in [-0.4, -0.2) is 23.2 Å². The van der Waals surface area contributed by atoms with Gasteiger partial charge < -0.3 is 14.6 Å². The van der Waals surface area contributed by atoms with E-state index < -0.39 is 5.97 Å². The summed E-state index contributed by atoms with van der Waals surface area (Å²) >= 11 is 1.51. The second kappa shape index (κ2) is 6.72.